The van der Waals surface area contributed by atoms with Crippen molar-refractivity contribution in [2.75, 3.05) is 13.7 Å². The number of thiazole rings is 1. The highest BCUT2D eigenvalue weighted by Gasteiger charge is 2.08. The number of methoxy groups -OCH3 is 1. The Hall–Kier alpha value is -2.18. The molecule has 23 heavy (non-hydrogen) atoms. The summed E-state index contributed by atoms with van der Waals surface area (Å²) in [6.45, 7) is 0.590. The van der Waals surface area contributed by atoms with E-state index in [-0.39, 0.29) is 5.91 Å². The van der Waals surface area contributed by atoms with E-state index in [1.54, 1.807) is 18.4 Å². The number of hydrogen-bond acceptors (Lipinski definition) is 5. The molecule has 0 aliphatic rings. The van der Waals surface area contributed by atoms with Crippen molar-refractivity contribution in [2.24, 2.45) is 0 Å². The summed E-state index contributed by atoms with van der Waals surface area (Å²) in [7, 11) is 1.65. The summed E-state index contributed by atoms with van der Waals surface area (Å²) in [4.78, 5) is 17.2. The summed E-state index contributed by atoms with van der Waals surface area (Å²) in [5.74, 6) is 0.812. The molecule has 3 rings (SSSR count). The zero-order chi connectivity index (χ0) is 16.1. The Morgan fingerprint density at radius 1 is 1.22 bits per heavy atom. The van der Waals surface area contributed by atoms with Crippen molar-refractivity contribution in [1.29, 1.82) is 0 Å². The van der Waals surface area contributed by atoms with Gasteiger partial charge in [0.25, 0.3) is 5.91 Å². The number of benzene rings is 1. The topological polar surface area (TPSA) is 51.2 Å². The maximum Gasteiger partial charge on any atom is 0.261 e. The maximum atomic E-state index is 11.9. The molecule has 2 aromatic heterocycles. The van der Waals surface area contributed by atoms with Gasteiger partial charge in [-0.25, -0.2) is 4.98 Å². The van der Waals surface area contributed by atoms with Crippen molar-refractivity contribution in [1.82, 2.24) is 10.3 Å². The second kappa shape index (κ2) is 7.39. The molecule has 6 heteroatoms. The first kappa shape index (κ1) is 15.7. The van der Waals surface area contributed by atoms with Crippen LogP contribution in [0.2, 0.25) is 0 Å². The molecule has 0 fully saturated rings. The van der Waals surface area contributed by atoms with Gasteiger partial charge in [0, 0.05) is 23.9 Å². The van der Waals surface area contributed by atoms with E-state index >= 15 is 0 Å². The minimum Gasteiger partial charge on any atom is -0.497 e. The van der Waals surface area contributed by atoms with E-state index in [9.17, 15) is 4.79 Å². The van der Waals surface area contributed by atoms with Gasteiger partial charge in [-0.2, -0.15) is 0 Å². The molecule has 0 saturated heterocycles. The van der Waals surface area contributed by atoms with E-state index in [0.29, 0.717) is 6.54 Å². The highest BCUT2D eigenvalue weighted by atomic mass is 32.1. The van der Waals surface area contributed by atoms with Crippen LogP contribution in [0.1, 0.15) is 14.7 Å². The Balaban J connectivity index is 1.55. The number of nitrogens with zero attached hydrogens (tertiary/aromatic N) is 1. The van der Waals surface area contributed by atoms with Crippen LogP contribution in [0.25, 0.3) is 11.3 Å². The number of thiophene rings is 1. The minimum absolute atomic E-state index is 0.0214. The highest BCUT2D eigenvalue weighted by Crippen LogP contribution is 2.24. The number of carbonyl (C=O) groups is 1. The third-order valence-electron chi connectivity index (χ3n) is 3.31. The molecule has 1 amide bonds. The molecule has 0 radical (unpaired) electrons. The number of carbonyl (C=O) groups excluding carboxylic acids is 1. The van der Waals surface area contributed by atoms with Crippen molar-refractivity contribution in [2.45, 2.75) is 6.42 Å². The molecule has 0 aliphatic heterocycles. The lowest BCUT2D eigenvalue weighted by atomic mass is 10.2. The van der Waals surface area contributed by atoms with Crippen LogP contribution < -0.4 is 10.1 Å². The van der Waals surface area contributed by atoms with E-state index in [1.165, 1.54) is 11.3 Å². The van der Waals surface area contributed by atoms with Crippen molar-refractivity contribution in [3.05, 3.63) is 57.0 Å². The second-order valence-corrected chi connectivity index (χ2v) is 6.73. The summed E-state index contributed by atoms with van der Waals surface area (Å²) < 4.78 is 5.16. The van der Waals surface area contributed by atoms with Gasteiger partial charge in [0.1, 0.15) is 5.75 Å². The predicted molar refractivity (Wildman–Crippen MR) is 94.5 cm³/mol. The van der Waals surface area contributed by atoms with Gasteiger partial charge in [0.15, 0.2) is 0 Å². The number of hydrogen-bond donors (Lipinski definition) is 1. The van der Waals surface area contributed by atoms with Crippen LogP contribution >= 0.6 is 22.7 Å². The average molecular weight is 344 g/mol. The van der Waals surface area contributed by atoms with Crippen LogP contribution in [0.3, 0.4) is 0 Å². The van der Waals surface area contributed by atoms with E-state index in [1.807, 2.05) is 47.2 Å². The Kier molecular flexibility index (Phi) is 5.05. The smallest absolute Gasteiger partial charge is 0.261 e. The molecule has 0 saturated carbocycles. The Labute approximate surface area is 142 Å². The summed E-state index contributed by atoms with van der Waals surface area (Å²) in [6.07, 6.45) is 0.734. The van der Waals surface area contributed by atoms with Crippen LogP contribution in [-0.4, -0.2) is 24.5 Å². The SMILES string of the molecule is COc1ccc(-c2csc(CCNC(=O)c3cccs3)n2)cc1. The Morgan fingerprint density at radius 3 is 2.74 bits per heavy atom. The first-order chi connectivity index (χ1) is 11.3. The van der Waals surface area contributed by atoms with Gasteiger partial charge < -0.3 is 10.1 Å². The summed E-state index contributed by atoms with van der Waals surface area (Å²) >= 11 is 3.06. The quantitative estimate of drug-likeness (QED) is 0.739. The molecule has 0 atom stereocenters. The molecular weight excluding hydrogens is 328 g/mol. The molecule has 4 nitrogen and oxygen atoms in total. The van der Waals surface area contributed by atoms with E-state index in [4.69, 9.17) is 4.74 Å². The Morgan fingerprint density at radius 2 is 2.04 bits per heavy atom. The fourth-order valence-electron chi connectivity index (χ4n) is 2.10. The third kappa shape index (κ3) is 3.97. The standard InChI is InChI=1S/C17H16N2O2S2/c1-21-13-6-4-12(5-7-13)14-11-23-16(19-14)8-9-18-17(20)15-3-2-10-22-15/h2-7,10-11H,8-9H2,1H3,(H,18,20). The molecule has 1 N–H and O–H groups in total. The largest absolute Gasteiger partial charge is 0.497 e. The van der Waals surface area contributed by atoms with Gasteiger partial charge in [-0.3, -0.25) is 4.79 Å². The highest BCUT2D eigenvalue weighted by molar-refractivity contribution is 7.12. The summed E-state index contributed by atoms with van der Waals surface area (Å²) in [5, 5.41) is 7.87. The zero-order valence-corrected chi connectivity index (χ0v) is 14.2. The fraction of sp³-hybridized carbons (Fsp3) is 0.176. The van der Waals surface area contributed by atoms with E-state index in [0.717, 1.165) is 33.3 Å². The van der Waals surface area contributed by atoms with Crippen molar-refractivity contribution >= 4 is 28.6 Å². The fourth-order valence-corrected chi connectivity index (χ4v) is 3.55. The molecule has 2 heterocycles. The Bertz CT molecular complexity index is 764. The van der Waals surface area contributed by atoms with Gasteiger partial charge in [-0.05, 0) is 35.7 Å². The number of nitrogens with one attached hydrogen (secondary N) is 1. The molecule has 118 valence electrons. The molecule has 0 aliphatic carbocycles. The number of ether oxygens (including phenoxy) is 1. The van der Waals surface area contributed by atoms with Gasteiger partial charge in [-0.15, -0.1) is 22.7 Å². The molecule has 0 spiro atoms. The molecular formula is C17H16N2O2S2. The molecule has 0 bridgehead atoms. The molecule has 3 aromatic rings. The lowest BCUT2D eigenvalue weighted by Gasteiger charge is -2.02. The molecule has 0 unspecified atom stereocenters. The molecule has 1 aromatic carbocycles. The van der Waals surface area contributed by atoms with Crippen molar-refractivity contribution < 1.29 is 9.53 Å². The number of aromatic nitrogens is 1. The van der Waals surface area contributed by atoms with Gasteiger partial charge in [0.05, 0.1) is 22.7 Å². The van der Waals surface area contributed by atoms with E-state index < -0.39 is 0 Å². The maximum absolute atomic E-state index is 11.9. The zero-order valence-electron chi connectivity index (χ0n) is 12.6. The number of rotatable bonds is 6. The second-order valence-electron chi connectivity index (χ2n) is 4.84. The lowest BCUT2D eigenvalue weighted by Crippen LogP contribution is -2.24. The predicted octanol–water partition coefficient (Wildman–Crippen LogP) is 3.85. The van der Waals surface area contributed by atoms with Gasteiger partial charge in [0.2, 0.25) is 0 Å². The van der Waals surface area contributed by atoms with Crippen LogP contribution in [0, 0.1) is 0 Å². The van der Waals surface area contributed by atoms with E-state index in [2.05, 4.69) is 10.3 Å². The monoisotopic (exact) mass is 344 g/mol. The van der Waals surface area contributed by atoms with Crippen LogP contribution in [0.4, 0.5) is 0 Å². The van der Waals surface area contributed by atoms with Crippen LogP contribution in [0.15, 0.2) is 47.2 Å². The average Bonchev–Trinajstić information content (AvgIpc) is 3.27. The summed E-state index contributed by atoms with van der Waals surface area (Å²) in [5.41, 5.74) is 2.02. The van der Waals surface area contributed by atoms with Crippen molar-refractivity contribution in [3.8, 4) is 17.0 Å². The lowest BCUT2D eigenvalue weighted by molar-refractivity contribution is 0.0958. The first-order valence-corrected chi connectivity index (χ1v) is 8.93. The van der Waals surface area contributed by atoms with Gasteiger partial charge >= 0.3 is 0 Å². The van der Waals surface area contributed by atoms with Crippen LogP contribution in [-0.2, 0) is 6.42 Å². The van der Waals surface area contributed by atoms with Crippen molar-refractivity contribution in [3.63, 3.8) is 0 Å². The minimum atomic E-state index is -0.0214. The normalized spacial score (nSPS) is 10.5. The first-order valence-electron chi connectivity index (χ1n) is 7.17. The third-order valence-corrected chi connectivity index (χ3v) is 5.08. The number of amides is 1. The van der Waals surface area contributed by atoms with Crippen LogP contribution in [0.5, 0.6) is 5.75 Å². The summed E-state index contributed by atoms with van der Waals surface area (Å²) in [6, 6.07) is 11.5. The van der Waals surface area contributed by atoms with Gasteiger partial charge in [-0.1, -0.05) is 6.07 Å².